The van der Waals surface area contributed by atoms with Crippen LogP contribution in [0.5, 0.6) is 0 Å². The van der Waals surface area contributed by atoms with E-state index in [4.69, 9.17) is 4.74 Å². The average molecular weight is 264 g/mol. The summed E-state index contributed by atoms with van der Waals surface area (Å²) in [6, 6.07) is 0. The summed E-state index contributed by atoms with van der Waals surface area (Å²) in [6.45, 7) is 5.74. The molecule has 1 aromatic heterocycles. The Morgan fingerprint density at radius 1 is 1.42 bits per heavy atom. The van der Waals surface area contributed by atoms with Gasteiger partial charge in [-0.15, -0.1) is 0 Å². The first-order chi connectivity index (χ1) is 9.33. The van der Waals surface area contributed by atoms with Gasteiger partial charge in [0.05, 0.1) is 24.2 Å². The molecule has 1 aliphatic rings. The highest BCUT2D eigenvalue weighted by Gasteiger charge is 2.21. The van der Waals surface area contributed by atoms with Crippen LogP contribution in [0.2, 0.25) is 0 Å². The van der Waals surface area contributed by atoms with E-state index < -0.39 is 0 Å². The number of piperidine rings is 1. The van der Waals surface area contributed by atoms with Crippen LogP contribution in [0.25, 0.3) is 0 Å². The highest BCUT2D eigenvalue weighted by atomic mass is 16.5. The number of rotatable bonds is 6. The van der Waals surface area contributed by atoms with Gasteiger partial charge in [-0.1, -0.05) is 6.92 Å². The second-order valence-corrected chi connectivity index (χ2v) is 4.98. The summed E-state index contributed by atoms with van der Waals surface area (Å²) in [6.07, 6.45) is 7.45. The Labute approximate surface area is 115 Å². The quantitative estimate of drug-likeness (QED) is 0.845. The third-order valence-electron chi connectivity index (χ3n) is 3.31. The van der Waals surface area contributed by atoms with Crippen LogP contribution in [0.3, 0.4) is 0 Å². The van der Waals surface area contributed by atoms with Crippen molar-refractivity contribution in [1.82, 2.24) is 15.3 Å². The van der Waals surface area contributed by atoms with Crippen LogP contribution in [0.1, 0.15) is 31.9 Å². The molecule has 1 atom stereocenters. The molecule has 19 heavy (non-hydrogen) atoms. The van der Waals surface area contributed by atoms with Crippen molar-refractivity contribution in [1.29, 1.82) is 0 Å². The third-order valence-corrected chi connectivity index (χ3v) is 3.31. The second-order valence-electron chi connectivity index (χ2n) is 4.98. The normalized spacial score (nSPS) is 19.7. The van der Waals surface area contributed by atoms with Crippen LogP contribution in [-0.2, 0) is 11.3 Å². The number of anilines is 1. The van der Waals surface area contributed by atoms with Gasteiger partial charge in [0.2, 0.25) is 0 Å². The molecule has 0 saturated carbocycles. The second kappa shape index (κ2) is 7.40. The lowest BCUT2D eigenvalue weighted by Crippen LogP contribution is -2.40. The zero-order valence-corrected chi connectivity index (χ0v) is 11.9. The highest BCUT2D eigenvalue weighted by Crippen LogP contribution is 2.18. The van der Waals surface area contributed by atoms with Crippen LogP contribution in [-0.4, -0.2) is 42.8 Å². The molecule has 0 aromatic carbocycles. The minimum atomic E-state index is 0.340. The van der Waals surface area contributed by atoms with Crippen LogP contribution >= 0.6 is 0 Å². The molecule has 1 unspecified atom stereocenters. The van der Waals surface area contributed by atoms with E-state index in [0.29, 0.717) is 6.10 Å². The van der Waals surface area contributed by atoms with Crippen molar-refractivity contribution in [2.75, 3.05) is 31.6 Å². The van der Waals surface area contributed by atoms with Gasteiger partial charge in [0.25, 0.3) is 0 Å². The first kappa shape index (κ1) is 14.2. The Bertz CT molecular complexity index is 368. The fourth-order valence-corrected chi connectivity index (χ4v) is 2.35. The first-order valence-electron chi connectivity index (χ1n) is 7.15. The van der Waals surface area contributed by atoms with Gasteiger partial charge in [-0.05, 0) is 26.3 Å². The average Bonchev–Trinajstić information content (AvgIpc) is 2.46. The lowest BCUT2D eigenvalue weighted by Gasteiger charge is -2.33. The molecule has 1 N–H and O–H groups in total. The fraction of sp³-hybridized carbons (Fsp3) is 0.714. The van der Waals surface area contributed by atoms with Crippen molar-refractivity contribution < 1.29 is 4.74 Å². The van der Waals surface area contributed by atoms with Crippen LogP contribution < -0.4 is 10.2 Å². The third kappa shape index (κ3) is 4.14. The van der Waals surface area contributed by atoms with Crippen molar-refractivity contribution in [3.8, 4) is 0 Å². The van der Waals surface area contributed by atoms with Gasteiger partial charge >= 0.3 is 0 Å². The summed E-state index contributed by atoms with van der Waals surface area (Å²) < 4.78 is 5.85. The van der Waals surface area contributed by atoms with Gasteiger partial charge in [-0.25, -0.2) is 4.98 Å². The molecule has 1 aliphatic heterocycles. The Morgan fingerprint density at radius 3 is 3.00 bits per heavy atom. The van der Waals surface area contributed by atoms with E-state index in [1.807, 2.05) is 19.4 Å². The summed E-state index contributed by atoms with van der Waals surface area (Å²) in [5.41, 5.74) is 0.974. The Morgan fingerprint density at radius 2 is 2.32 bits per heavy atom. The van der Waals surface area contributed by atoms with Gasteiger partial charge in [-0.3, -0.25) is 4.98 Å². The molecule has 0 bridgehead atoms. The molecule has 1 aromatic rings. The van der Waals surface area contributed by atoms with E-state index in [2.05, 4.69) is 27.1 Å². The number of hydrogen-bond acceptors (Lipinski definition) is 5. The zero-order valence-electron chi connectivity index (χ0n) is 11.9. The molecule has 1 saturated heterocycles. The molecule has 5 heteroatoms. The maximum absolute atomic E-state index is 5.85. The van der Waals surface area contributed by atoms with Crippen molar-refractivity contribution in [3.63, 3.8) is 0 Å². The predicted octanol–water partition coefficient (Wildman–Crippen LogP) is 1.59. The SMILES string of the molecule is CCCOC1CCCN(c2cnc(CNC)cn2)C1. The fourth-order valence-electron chi connectivity index (χ4n) is 2.35. The maximum Gasteiger partial charge on any atom is 0.147 e. The van der Waals surface area contributed by atoms with E-state index >= 15 is 0 Å². The highest BCUT2D eigenvalue weighted by molar-refractivity contribution is 5.36. The summed E-state index contributed by atoms with van der Waals surface area (Å²) in [5, 5.41) is 3.08. The summed E-state index contributed by atoms with van der Waals surface area (Å²) >= 11 is 0. The van der Waals surface area contributed by atoms with Crippen LogP contribution in [0, 0.1) is 0 Å². The molecule has 5 nitrogen and oxygen atoms in total. The van der Waals surface area contributed by atoms with Gasteiger partial charge in [0.15, 0.2) is 0 Å². The molecular weight excluding hydrogens is 240 g/mol. The monoisotopic (exact) mass is 264 g/mol. The molecule has 2 heterocycles. The molecule has 106 valence electrons. The standard InChI is InChI=1S/C14H24N4O/c1-3-7-19-13-5-4-6-18(11-13)14-10-16-12(8-15-2)9-17-14/h9-10,13,15H,3-8,11H2,1-2H3. The topological polar surface area (TPSA) is 50.3 Å². The summed E-state index contributed by atoms with van der Waals surface area (Å²) in [5.74, 6) is 0.963. The molecule has 0 spiro atoms. The predicted molar refractivity (Wildman–Crippen MR) is 76.3 cm³/mol. The van der Waals surface area contributed by atoms with E-state index in [0.717, 1.165) is 57.0 Å². The van der Waals surface area contributed by atoms with Gasteiger partial charge < -0.3 is 15.0 Å². The zero-order chi connectivity index (χ0) is 13.5. The van der Waals surface area contributed by atoms with Crippen molar-refractivity contribution in [2.45, 2.75) is 38.8 Å². The lowest BCUT2D eigenvalue weighted by molar-refractivity contribution is 0.0439. The Balaban J connectivity index is 1.92. The van der Waals surface area contributed by atoms with Gasteiger partial charge in [0.1, 0.15) is 5.82 Å². The van der Waals surface area contributed by atoms with E-state index in [-0.39, 0.29) is 0 Å². The van der Waals surface area contributed by atoms with Crippen LogP contribution in [0.4, 0.5) is 5.82 Å². The molecular formula is C14H24N4O. The van der Waals surface area contributed by atoms with Crippen molar-refractivity contribution in [3.05, 3.63) is 18.1 Å². The van der Waals surface area contributed by atoms with Gasteiger partial charge in [-0.2, -0.15) is 0 Å². The minimum absolute atomic E-state index is 0.340. The number of aromatic nitrogens is 2. The minimum Gasteiger partial charge on any atom is -0.376 e. The van der Waals surface area contributed by atoms with E-state index in [1.54, 1.807) is 0 Å². The smallest absolute Gasteiger partial charge is 0.147 e. The van der Waals surface area contributed by atoms with E-state index in [9.17, 15) is 0 Å². The Kier molecular flexibility index (Phi) is 5.54. The molecule has 0 aliphatic carbocycles. The molecule has 1 fully saturated rings. The lowest BCUT2D eigenvalue weighted by atomic mass is 10.1. The first-order valence-corrected chi connectivity index (χ1v) is 7.15. The molecule has 0 amide bonds. The maximum atomic E-state index is 5.85. The number of nitrogens with one attached hydrogen (secondary N) is 1. The summed E-state index contributed by atoms with van der Waals surface area (Å²) in [4.78, 5) is 11.2. The molecule has 0 radical (unpaired) electrons. The van der Waals surface area contributed by atoms with Gasteiger partial charge in [0, 0.05) is 26.2 Å². The number of hydrogen-bond donors (Lipinski definition) is 1. The number of ether oxygens (including phenoxy) is 1. The Hall–Kier alpha value is -1.20. The summed E-state index contributed by atoms with van der Waals surface area (Å²) in [7, 11) is 1.91. The van der Waals surface area contributed by atoms with Crippen LogP contribution in [0.15, 0.2) is 12.4 Å². The van der Waals surface area contributed by atoms with Crippen molar-refractivity contribution >= 4 is 5.82 Å². The molecule has 2 rings (SSSR count). The van der Waals surface area contributed by atoms with E-state index in [1.165, 1.54) is 0 Å². The number of nitrogens with zero attached hydrogens (tertiary/aromatic N) is 3. The van der Waals surface area contributed by atoms with Crippen molar-refractivity contribution in [2.24, 2.45) is 0 Å². The largest absolute Gasteiger partial charge is 0.376 e.